The lowest BCUT2D eigenvalue weighted by Gasteiger charge is -2.27. The van der Waals surface area contributed by atoms with Crippen LogP contribution in [0.3, 0.4) is 0 Å². The van der Waals surface area contributed by atoms with Crippen LogP contribution in [0.4, 0.5) is 0 Å². The lowest BCUT2D eigenvalue weighted by Crippen LogP contribution is -2.37. The van der Waals surface area contributed by atoms with E-state index in [9.17, 15) is 0 Å². The number of likely N-dealkylation sites (N-methyl/N-ethyl adjacent to an activating group) is 1. The van der Waals surface area contributed by atoms with Gasteiger partial charge in [-0.1, -0.05) is 44.0 Å². The highest BCUT2D eigenvalue weighted by atomic mass is 14.9. The van der Waals surface area contributed by atoms with Crippen LogP contribution in [0.1, 0.15) is 37.3 Å². The summed E-state index contributed by atoms with van der Waals surface area (Å²) in [4.78, 5) is 0. The molecule has 1 N–H and O–H groups in total. The molecule has 94 valence electrons. The van der Waals surface area contributed by atoms with E-state index in [1.54, 1.807) is 0 Å². The number of hydrogen-bond acceptors (Lipinski definition) is 1. The number of hydrogen-bond donors (Lipinski definition) is 1. The summed E-state index contributed by atoms with van der Waals surface area (Å²) in [6.45, 7) is 4.64. The standard InChI is InChI=1S/C16H25N/c1-12-7-4-5-9-14(12)11-16(17-3)15-10-6-8-13(15)2/h4-5,7,9,13,15-17H,6,8,10-11H2,1-3H3. The molecule has 17 heavy (non-hydrogen) atoms. The second-order valence-electron chi connectivity index (χ2n) is 5.60. The predicted octanol–water partition coefficient (Wildman–Crippen LogP) is 3.56. The van der Waals surface area contributed by atoms with Gasteiger partial charge in [0.25, 0.3) is 0 Å². The van der Waals surface area contributed by atoms with Crippen molar-refractivity contribution in [2.45, 2.75) is 45.6 Å². The second kappa shape index (κ2) is 5.68. The van der Waals surface area contributed by atoms with Crippen LogP contribution in [0.2, 0.25) is 0 Å². The smallest absolute Gasteiger partial charge is 0.0135 e. The van der Waals surface area contributed by atoms with E-state index in [1.165, 1.54) is 36.8 Å². The molecule has 1 aromatic carbocycles. The zero-order valence-electron chi connectivity index (χ0n) is 11.4. The van der Waals surface area contributed by atoms with Crippen molar-refractivity contribution in [3.8, 4) is 0 Å². The highest BCUT2D eigenvalue weighted by Gasteiger charge is 2.30. The summed E-state index contributed by atoms with van der Waals surface area (Å²) in [6.07, 6.45) is 5.41. The monoisotopic (exact) mass is 231 g/mol. The number of nitrogens with one attached hydrogen (secondary N) is 1. The van der Waals surface area contributed by atoms with E-state index >= 15 is 0 Å². The van der Waals surface area contributed by atoms with Gasteiger partial charge in [-0.25, -0.2) is 0 Å². The molecule has 3 atom stereocenters. The molecular formula is C16H25N. The first-order chi connectivity index (χ1) is 8.22. The van der Waals surface area contributed by atoms with Crippen molar-refractivity contribution in [1.29, 1.82) is 0 Å². The Morgan fingerprint density at radius 1 is 1.29 bits per heavy atom. The Balaban J connectivity index is 2.07. The summed E-state index contributed by atoms with van der Waals surface area (Å²) in [5, 5.41) is 3.55. The molecule has 0 amide bonds. The fraction of sp³-hybridized carbons (Fsp3) is 0.625. The van der Waals surface area contributed by atoms with Gasteiger partial charge in [-0.2, -0.15) is 0 Å². The third kappa shape index (κ3) is 2.90. The molecule has 1 aromatic rings. The highest BCUT2D eigenvalue weighted by Crippen LogP contribution is 2.34. The Labute approximate surface area is 106 Å². The van der Waals surface area contributed by atoms with Crippen molar-refractivity contribution in [2.24, 2.45) is 11.8 Å². The fourth-order valence-electron chi connectivity index (χ4n) is 3.32. The summed E-state index contributed by atoms with van der Waals surface area (Å²) in [5.41, 5.74) is 2.93. The summed E-state index contributed by atoms with van der Waals surface area (Å²) in [7, 11) is 2.12. The van der Waals surface area contributed by atoms with E-state index in [4.69, 9.17) is 0 Å². The minimum Gasteiger partial charge on any atom is -0.316 e. The zero-order chi connectivity index (χ0) is 12.3. The van der Waals surface area contributed by atoms with Crippen molar-refractivity contribution in [3.63, 3.8) is 0 Å². The molecule has 0 spiro atoms. The quantitative estimate of drug-likeness (QED) is 0.835. The lowest BCUT2D eigenvalue weighted by atomic mass is 9.86. The Morgan fingerprint density at radius 3 is 2.65 bits per heavy atom. The Kier molecular flexibility index (Phi) is 4.22. The highest BCUT2D eigenvalue weighted by molar-refractivity contribution is 5.26. The van der Waals surface area contributed by atoms with Gasteiger partial charge in [0.2, 0.25) is 0 Å². The SMILES string of the molecule is CNC(Cc1ccccc1C)C1CCCC1C. The number of benzene rings is 1. The largest absolute Gasteiger partial charge is 0.316 e. The molecule has 0 bridgehead atoms. The first kappa shape index (κ1) is 12.6. The van der Waals surface area contributed by atoms with E-state index in [0.29, 0.717) is 6.04 Å². The van der Waals surface area contributed by atoms with Crippen LogP contribution in [-0.4, -0.2) is 13.1 Å². The minimum atomic E-state index is 0.647. The number of rotatable bonds is 4. The van der Waals surface area contributed by atoms with Crippen molar-refractivity contribution >= 4 is 0 Å². The van der Waals surface area contributed by atoms with Gasteiger partial charge in [0.15, 0.2) is 0 Å². The molecule has 1 aliphatic carbocycles. The Bertz CT molecular complexity index is 358. The van der Waals surface area contributed by atoms with Gasteiger partial charge >= 0.3 is 0 Å². The normalized spacial score (nSPS) is 26.1. The van der Waals surface area contributed by atoms with E-state index in [1.807, 2.05) is 0 Å². The maximum absolute atomic E-state index is 3.55. The molecule has 0 radical (unpaired) electrons. The first-order valence-electron chi connectivity index (χ1n) is 6.94. The van der Waals surface area contributed by atoms with Crippen molar-refractivity contribution in [1.82, 2.24) is 5.32 Å². The maximum atomic E-state index is 3.55. The fourth-order valence-corrected chi connectivity index (χ4v) is 3.32. The van der Waals surface area contributed by atoms with E-state index in [2.05, 4.69) is 50.5 Å². The zero-order valence-corrected chi connectivity index (χ0v) is 11.4. The molecular weight excluding hydrogens is 206 g/mol. The molecule has 3 unspecified atom stereocenters. The molecule has 0 aliphatic heterocycles. The van der Waals surface area contributed by atoms with Crippen LogP contribution in [0, 0.1) is 18.8 Å². The summed E-state index contributed by atoms with van der Waals surface area (Å²) in [5.74, 6) is 1.75. The van der Waals surface area contributed by atoms with Gasteiger partial charge in [-0.15, -0.1) is 0 Å². The first-order valence-corrected chi connectivity index (χ1v) is 6.94. The second-order valence-corrected chi connectivity index (χ2v) is 5.60. The van der Waals surface area contributed by atoms with Gasteiger partial charge < -0.3 is 5.32 Å². The average Bonchev–Trinajstić information content (AvgIpc) is 2.75. The van der Waals surface area contributed by atoms with E-state index in [-0.39, 0.29) is 0 Å². The molecule has 0 aromatic heterocycles. The van der Waals surface area contributed by atoms with Crippen LogP contribution < -0.4 is 5.32 Å². The predicted molar refractivity (Wildman–Crippen MR) is 74.2 cm³/mol. The molecule has 1 nitrogen and oxygen atoms in total. The third-order valence-electron chi connectivity index (χ3n) is 4.52. The summed E-state index contributed by atoms with van der Waals surface area (Å²) < 4.78 is 0. The van der Waals surface area contributed by atoms with Crippen molar-refractivity contribution in [3.05, 3.63) is 35.4 Å². The van der Waals surface area contributed by atoms with Crippen LogP contribution >= 0.6 is 0 Å². The molecule has 1 fully saturated rings. The van der Waals surface area contributed by atoms with Gasteiger partial charge in [-0.05, 0) is 49.8 Å². The maximum Gasteiger partial charge on any atom is 0.0135 e. The molecule has 2 rings (SSSR count). The van der Waals surface area contributed by atoms with E-state index in [0.717, 1.165) is 11.8 Å². The number of aryl methyl sites for hydroxylation is 1. The Morgan fingerprint density at radius 2 is 2.06 bits per heavy atom. The van der Waals surface area contributed by atoms with Crippen LogP contribution in [0.25, 0.3) is 0 Å². The van der Waals surface area contributed by atoms with E-state index < -0.39 is 0 Å². The Hall–Kier alpha value is -0.820. The van der Waals surface area contributed by atoms with Crippen molar-refractivity contribution in [2.75, 3.05) is 7.05 Å². The van der Waals surface area contributed by atoms with Gasteiger partial charge in [0, 0.05) is 6.04 Å². The summed E-state index contributed by atoms with van der Waals surface area (Å²) in [6, 6.07) is 9.44. The van der Waals surface area contributed by atoms with Gasteiger partial charge in [0.1, 0.15) is 0 Å². The van der Waals surface area contributed by atoms with Crippen LogP contribution in [0.5, 0.6) is 0 Å². The molecule has 1 aliphatic rings. The van der Waals surface area contributed by atoms with Crippen LogP contribution in [-0.2, 0) is 6.42 Å². The molecule has 1 heteroatoms. The minimum absolute atomic E-state index is 0.647. The molecule has 0 heterocycles. The lowest BCUT2D eigenvalue weighted by molar-refractivity contribution is 0.308. The summed E-state index contributed by atoms with van der Waals surface area (Å²) >= 11 is 0. The van der Waals surface area contributed by atoms with Gasteiger partial charge in [0.05, 0.1) is 0 Å². The third-order valence-corrected chi connectivity index (χ3v) is 4.52. The molecule has 0 saturated heterocycles. The molecule has 1 saturated carbocycles. The van der Waals surface area contributed by atoms with Crippen LogP contribution in [0.15, 0.2) is 24.3 Å². The average molecular weight is 231 g/mol. The van der Waals surface area contributed by atoms with Crippen molar-refractivity contribution < 1.29 is 0 Å². The topological polar surface area (TPSA) is 12.0 Å². The van der Waals surface area contributed by atoms with Gasteiger partial charge in [-0.3, -0.25) is 0 Å².